The van der Waals surface area contributed by atoms with Crippen molar-refractivity contribution in [1.82, 2.24) is 5.32 Å². The molecule has 2 aromatic rings. The van der Waals surface area contributed by atoms with Crippen LogP contribution in [0.3, 0.4) is 0 Å². The molecule has 0 radical (unpaired) electrons. The zero-order chi connectivity index (χ0) is 15.5. The minimum absolute atomic E-state index is 0.0856. The first-order valence-corrected chi connectivity index (χ1v) is 6.43. The molecule has 0 atom stereocenters. The van der Waals surface area contributed by atoms with Crippen LogP contribution in [0.15, 0.2) is 42.5 Å². The molecule has 0 unspecified atom stereocenters. The number of ether oxygens (including phenoxy) is 2. The normalized spacial score (nSPS) is 11.8. The van der Waals surface area contributed by atoms with Gasteiger partial charge in [0.25, 0.3) is 5.91 Å². The van der Waals surface area contributed by atoms with Gasteiger partial charge in [0.15, 0.2) is 11.5 Å². The van der Waals surface area contributed by atoms with Gasteiger partial charge in [-0.15, -0.1) is 0 Å². The largest absolute Gasteiger partial charge is 0.508 e. The van der Waals surface area contributed by atoms with Gasteiger partial charge in [0.05, 0.1) is 0 Å². The van der Waals surface area contributed by atoms with Crippen molar-refractivity contribution in [3.8, 4) is 17.2 Å². The predicted octanol–water partition coefficient (Wildman–Crippen LogP) is 2.08. The Morgan fingerprint density at radius 3 is 2.50 bits per heavy atom. The highest BCUT2D eigenvalue weighted by Gasteiger charge is 2.17. The van der Waals surface area contributed by atoms with Crippen molar-refractivity contribution < 1.29 is 24.2 Å². The summed E-state index contributed by atoms with van der Waals surface area (Å²) in [7, 11) is 0. The lowest BCUT2D eigenvalue weighted by Gasteiger charge is -2.07. The zero-order valence-corrected chi connectivity index (χ0v) is 11.3. The number of nitrogens with one attached hydrogen (secondary N) is 2. The summed E-state index contributed by atoms with van der Waals surface area (Å²) in [5.41, 5.74) is 0.735. The number of rotatable bonds is 2. The smallest absolute Gasteiger partial charge is 0.326 e. The van der Waals surface area contributed by atoms with Gasteiger partial charge in [-0.2, -0.15) is 0 Å². The number of carbonyl (C=O) groups excluding carboxylic acids is 2. The van der Waals surface area contributed by atoms with E-state index >= 15 is 0 Å². The van der Waals surface area contributed by atoms with E-state index in [1.807, 2.05) is 0 Å². The van der Waals surface area contributed by atoms with Gasteiger partial charge in [-0.1, -0.05) is 0 Å². The van der Waals surface area contributed by atoms with Crippen LogP contribution in [0.5, 0.6) is 17.2 Å². The van der Waals surface area contributed by atoms with Gasteiger partial charge in [-0.3, -0.25) is 10.1 Å². The Hall–Kier alpha value is -3.22. The fourth-order valence-corrected chi connectivity index (χ4v) is 1.92. The molecule has 0 bridgehead atoms. The van der Waals surface area contributed by atoms with Crippen LogP contribution in [0.2, 0.25) is 0 Å². The molecule has 0 aliphatic carbocycles. The van der Waals surface area contributed by atoms with Crippen LogP contribution >= 0.6 is 0 Å². The zero-order valence-electron chi connectivity index (χ0n) is 11.3. The average molecular weight is 300 g/mol. The number of phenolic OH excluding ortho intramolecular Hbond substituents is 1. The van der Waals surface area contributed by atoms with Crippen molar-refractivity contribution in [2.45, 2.75) is 0 Å². The monoisotopic (exact) mass is 300 g/mol. The highest BCUT2D eigenvalue weighted by molar-refractivity contribution is 6.08. The van der Waals surface area contributed by atoms with Crippen molar-refractivity contribution in [2.24, 2.45) is 0 Å². The molecule has 3 rings (SSSR count). The molecule has 3 N–H and O–H groups in total. The van der Waals surface area contributed by atoms with E-state index in [9.17, 15) is 9.59 Å². The van der Waals surface area contributed by atoms with E-state index in [2.05, 4.69) is 10.6 Å². The van der Waals surface area contributed by atoms with E-state index in [-0.39, 0.29) is 18.1 Å². The second kappa shape index (κ2) is 5.65. The van der Waals surface area contributed by atoms with E-state index in [4.69, 9.17) is 14.6 Å². The van der Waals surface area contributed by atoms with Crippen LogP contribution in [0.25, 0.3) is 0 Å². The average Bonchev–Trinajstić information content (AvgIpc) is 2.97. The van der Waals surface area contributed by atoms with Gasteiger partial charge in [0.1, 0.15) is 5.75 Å². The number of urea groups is 1. The van der Waals surface area contributed by atoms with Crippen LogP contribution in [0.4, 0.5) is 10.5 Å². The van der Waals surface area contributed by atoms with Crippen LogP contribution in [0.1, 0.15) is 10.4 Å². The molecule has 1 aliphatic heterocycles. The Balaban J connectivity index is 1.63. The molecule has 0 aromatic heterocycles. The van der Waals surface area contributed by atoms with Crippen molar-refractivity contribution in [3.63, 3.8) is 0 Å². The van der Waals surface area contributed by atoms with Crippen molar-refractivity contribution >= 4 is 17.6 Å². The lowest BCUT2D eigenvalue weighted by Crippen LogP contribution is -2.34. The minimum atomic E-state index is -0.673. The Morgan fingerprint density at radius 1 is 1.00 bits per heavy atom. The molecular formula is C15H12N2O5. The predicted molar refractivity (Wildman–Crippen MR) is 77.2 cm³/mol. The molecule has 7 heteroatoms. The van der Waals surface area contributed by atoms with Gasteiger partial charge in [0.2, 0.25) is 6.79 Å². The standard InChI is InChI=1S/C15H12N2O5/c18-11-4-2-10(3-5-11)16-15(20)17-14(19)9-1-6-12-13(7-9)22-8-21-12/h1-7,18H,8H2,(H2,16,17,19,20). The van der Waals surface area contributed by atoms with Crippen LogP contribution < -0.4 is 20.1 Å². The maximum Gasteiger partial charge on any atom is 0.326 e. The first-order valence-electron chi connectivity index (χ1n) is 6.43. The topological polar surface area (TPSA) is 96.9 Å². The number of anilines is 1. The third-order valence-electron chi connectivity index (χ3n) is 2.99. The Labute approximate surface area is 125 Å². The van der Waals surface area contributed by atoms with E-state index in [1.165, 1.54) is 36.4 Å². The maximum atomic E-state index is 12.0. The molecule has 0 saturated carbocycles. The highest BCUT2D eigenvalue weighted by Crippen LogP contribution is 2.32. The summed E-state index contributed by atoms with van der Waals surface area (Å²) in [6.45, 7) is 0.113. The van der Waals surface area contributed by atoms with Crippen LogP contribution in [-0.2, 0) is 0 Å². The molecule has 1 heterocycles. The number of hydrogen-bond donors (Lipinski definition) is 3. The molecule has 1 aliphatic rings. The molecule has 0 saturated heterocycles. The first kappa shape index (κ1) is 13.7. The van der Waals surface area contributed by atoms with Gasteiger partial charge in [0, 0.05) is 11.3 Å². The number of imide groups is 1. The third kappa shape index (κ3) is 2.93. The van der Waals surface area contributed by atoms with E-state index in [0.717, 1.165) is 0 Å². The summed E-state index contributed by atoms with van der Waals surface area (Å²) in [6, 6.07) is 9.86. The third-order valence-corrected chi connectivity index (χ3v) is 2.99. The molecule has 7 nitrogen and oxygen atoms in total. The summed E-state index contributed by atoms with van der Waals surface area (Å²) in [4.78, 5) is 23.7. The molecule has 0 spiro atoms. The fourth-order valence-electron chi connectivity index (χ4n) is 1.92. The Morgan fingerprint density at radius 2 is 1.73 bits per heavy atom. The first-order chi connectivity index (χ1) is 10.6. The molecule has 22 heavy (non-hydrogen) atoms. The molecule has 2 aromatic carbocycles. The van der Waals surface area contributed by atoms with Gasteiger partial charge in [-0.05, 0) is 42.5 Å². The Kier molecular flexibility index (Phi) is 3.53. The van der Waals surface area contributed by atoms with Crippen molar-refractivity contribution in [1.29, 1.82) is 0 Å². The van der Waals surface area contributed by atoms with E-state index in [0.29, 0.717) is 17.2 Å². The molecular weight excluding hydrogens is 288 g/mol. The summed E-state index contributed by atoms with van der Waals surface area (Å²) in [5, 5.41) is 13.8. The van der Waals surface area contributed by atoms with E-state index in [1.54, 1.807) is 6.07 Å². The highest BCUT2D eigenvalue weighted by atomic mass is 16.7. The summed E-state index contributed by atoms with van der Waals surface area (Å²) in [5.74, 6) is 0.550. The van der Waals surface area contributed by atoms with Gasteiger partial charge in [-0.25, -0.2) is 4.79 Å². The number of fused-ring (bicyclic) bond motifs is 1. The molecule has 3 amide bonds. The lowest BCUT2D eigenvalue weighted by molar-refractivity contribution is 0.0966. The number of phenols is 1. The second-order valence-electron chi connectivity index (χ2n) is 4.52. The minimum Gasteiger partial charge on any atom is -0.508 e. The Bertz CT molecular complexity index is 727. The van der Waals surface area contributed by atoms with E-state index < -0.39 is 11.9 Å². The van der Waals surface area contributed by atoms with Gasteiger partial charge >= 0.3 is 6.03 Å². The fraction of sp³-hybridized carbons (Fsp3) is 0.0667. The number of hydrogen-bond acceptors (Lipinski definition) is 5. The quantitative estimate of drug-likeness (QED) is 0.738. The van der Waals surface area contributed by atoms with Crippen molar-refractivity contribution in [3.05, 3.63) is 48.0 Å². The molecule has 0 fully saturated rings. The summed E-state index contributed by atoms with van der Waals surface area (Å²) in [6.07, 6.45) is 0. The maximum absolute atomic E-state index is 12.0. The van der Waals surface area contributed by atoms with Crippen molar-refractivity contribution in [2.75, 3.05) is 12.1 Å². The SMILES string of the molecule is O=C(NC(=O)c1ccc2c(c1)OCO2)Nc1ccc(O)cc1. The summed E-state index contributed by atoms with van der Waals surface area (Å²) < 4.78 is 10.3. The van der Waals surface area contributed by atoms with Crippen LogP contribution in [0, 0.1) is 0 Å². The second-order valence-corrected chi connectivity index (χ2v) is 4.52. The molecule has 112 valence electrons. The van der Waals surface area contributed by atoms with Crippen LogP contribution in [-0.4, -0.2) is 23.8 Å². The summed E-state index contributed by atoms with van der Waals surface area (Å²) >= 11 is 0. The lowest BCUT2D eigenvalue weighted by atomic mass is 10.2. The number of aromatic hydroxyl groups is 1. The van der Waals surface area contributed by atoms with Gasteiger partial charge < -0.3 is 19.9 Å². The number of amides is 3. The number of carbonyl (C=O) groups is 2. The number of benzene rings is 2.